The summed E-state index contributed by atoms with van der Waals surface area (Å²) in [6.07, 6.45) is 2.79. The number of carbonyl (C=O) groups excluding carboxylic acids is 1. The first-order valence-corrected chi connectivity index (χ1v) is 9.62. The molecule has 138 valence electrons. The van der Waals surface area contributed by atoms with E-state index in [0.29, 0.717) is 47.9 Å². The third kappa shape index (κ3) is 4.58. The molecule has 1 saturated heterocycles. The number of aromatic nitrogens is 2. The van der Waals surface area contributed by atoms with Crippen LogP contribution >= 0.6 is 39.1 Å². The highest BCUT2D eigenvalue weighted by Crippen LogP contribution is 2.28. The smallest absolute Gasteiger partial charge is 0.263 e. The van der Waals surface area contributed by atoms with E-state index in [-0.39, 0.29) is 5.91 Å². The molecule has 0 radical (unpaired) electrons. The Balaban J connectivity index is 1.56. The molecule has 0 bridgehead atoms. The van der Waals surface area contributed by atoms with Crippen molar-refractivity contribution < 1.29 is 9.53 Å². The van der Waals surface area contributed by atoms with Crippen LogP contribution in [-0.4, -0.2) is 53.1 Å². The summed E-state index contributed by atoms with van der Waals surface area (Å²) < 4.78 is 6.55. The van der Waals surface area contributed by atoms with E-state index in [1.54, 1.807) is 42.4 Å². The zero-order valence-corrected chi connectivity index (χ0v) is 17.1. The van der Waals surface area contributed by atoms with Gasteiger partial charge in [-0.05, 0) is 41.1 Å². The van der Waals surface area contributed by atoms with Gasteiger partial charge in [0.25, 0.3) is 5.91 Å². The molecule has 3 rings (SSSR count). The number of ether oxygens (including phenoxy) is 1. The molecule has 1 fully saturated rings. The average molecular weight is 460 g/mol. The molecular formula is C17H17BrCl2N4O2. The fraction of sp³-hybridized carbons (Fsp3) is 0.353. The number of benzene rings is 1. The van der Waals surface area contributed by atoms with Crippen LogP contribution in [0.5, 0.6) is 5.75 Å². The largest absolute Gasteiger partial charge is 0.479 e. The lowest BCUT2D eigenvalue weighted by Crippen LogP contribution is -2.52. The Morgan fingerprint density at radius 3 is 2.46 bits per heavy atom. The van der Waals surface area contributed by atoms with Gasteiger partial charge in [0.05, 0.1) is 9.50 Å². The summed E-state index contributed by atoms with van der Waals surface area (Å²) in [5.74, 6) is 1.03. The zero-order chi connectivity index (χ0) is 18.7. The Kier molecular flexibility index (Phi) is 6.21. The predicted octanol–water partition coefficient (Wildman–Crippen LogP) is 3.66. The highest BCUT2D eigenvalue weighted by molar-refractivity contribution is 9.10. The van der Waals surface area contributed by atoms with Gasteiger partial charge in [-0.15, -0.1) is 0 Å². The number of hydrogen-bond acceptors (Lipinski definition) is 5. The number of hydrogen-bond donors (Lipinski definition) is 0. The molecule has 26 heavy (non-hydrogen) atoms. The molecule has 1 aliphatic heterocycles. The van der Waals surface area contributed by atoms with Gasteiger partial charge in [0.2, 0.25) is 5.95 Å². The summed E-state index contributed by atoms with van der Waals surface area (Å²) >= 11 is 15.3. The number of carbonyl (C=O) groups is 1. The maximum absolute atomic E-state index is 12.6. The molecule has 1 amide bonds. The third-order valence-corrected chi connectivity index (χ3v) is 4.97. The molecule has 1 aromatic heterocycles. The lowest BCUT2D eigenvalue weighted by molar-refractivity contribution is -0.138. The molecule has 6 nitrogen and oxygen atoms in total. The first-order valence-electron chi connectivity index (χ1n) is 8.07. The van der Waals surface area contributed by atoms with Gasteiger partial charge in [0, 0.05) is 43.6 Å². The second-order valence-electron chi connectivity index (χ2n) is 5.85. The van der Waals surface area contributed by atoms with Gasteiger partial charge >= 0.3 is 0 Å². The first kappa shape index (κ1) is 19.2. The maximum Gasteiger partial charge on any atom is 0.263 e. The van der Waals surface area contributed by atoms with Crippen molar-refractivity contribution in [2.45, 2.75) is 13.0 Å². The highest BCUT2D eigenvalue weighted by atomic mass is 79.9. The number of amides is 1. The number of anilines is 1. The van der Waals surface area contributed by atoms with E-state index in [2.05, 4.69) is 30.8 Å². The molecule has 0 saturated carbocycles. The molecule has 1 unspecified atom stereocenters. The Bertz CT molecular complexity index is 783. The fourth-order valence-corrected chi connectivity index (χ4v) is 3.32. The molecule has 9 heteroatoms. The van der Waals surface area contributed by atoms with E-state index in [1.807, 2.05) is 0 Å². The van der Waals surface area contributed by atoms with Crippen LogP contribution in [0.3, 0.4) is 0 Å². The van der Waals surface area contributed by atoms with E-state index in [0.717, 1.165) is 4.47 Å². The van der Waals surface area contributed by atoms with Crippen molar-refractivity contribution in [1.82, 2.24) is 14.9 Å². The lowest BCUT2D eigenvalue weighted by atomic mass is 10.2. The van der Waals surface area contributed by atoms with Crippen LogP contribution in [0.2, 0.25) is 10.0 Å². The number of halogens is 3. The quantitative estimate of drug-likeness (QED) is 0.698. The van der Waals surface area contributed by atoms with Crippen LogP contribution in [-0.2, 0) is 4.79 Å². The molecule has 0 aliphatic carbocycles. The topological polar surface area (TPSA) is 58.6 Å². The zero-order valence-electron chi connectivity index (χ0n) is 14.0. The van der Waals surface area contributed by atoms with Crippen LogP contribution < -0.4 is 9.64 Å². The van der Waals surface area contributed by atoms with Crippen LogP contribution in [0.4, 0.5) is 5.95 Å². The van der Waals surface area contributed by atoms with Crippen LogP contribution in [0.15, 0.2) is 35.1 Å². The Hall–Kier alpha value is -1.57. The van der Waals surface area contributed by atoms with Crippen molar-refractivity contribution in [3.63, 3.8) is 0 Å². The van der Waals surface area contributed by atoms with E-state index in [1.165, 1.54) is 0 Å². The summed E-state index contributed by atoms with van der Waals surface area (Å²) in [6, 6.07) is 4.93. The Labute approximate surface area is 170 Å². The second-order valence-corrected chi connectivity index (χ2v) is 7.61. The van der Waals surface area contributed by atoms with Crippen molar-refractivity contribution in [1.29, 1.82) is 0 Å². The van der Waals surface area contributed by atoms with E-state index in [9.17, 15) is 4.79 Å². The normalized spacial score (nSPS) is 15.7. The standard InChI is InChI=1S/C17H17BrCl2N4O2/c1-11(26-15-3-2-13(19)8-14(15)20)16(25)23-4-6-24(7-5-23)17-21-9-12(18)10-22-17/h2-3,8-11H,4-7H2,1H3. The van der Waals surface area contributed by atoms with Gasteiger partial charge in [0.15, 0.2) is 6.10 Å². The molecule has 1 atom stereocenters. The van der Waals surface area contributed by atoms with Crippen molar-refractivity contribution in [2.75, 3.05) is 31.1 Å². The minimum Gasteiger partial charge on any atom is -0.479 e. The number of nitrogens with zero attached hydrogens (tertiary/aromatic N) is 4. The molecule has 1 aliphatic rings. The number of piperazine rings is 1. The molecule has 2 heterocycles. The highest BCUT2D eigenvalue weighted by Gasteiger charge is 2.27. The van der Waals surface area contributed by atoms with Gasteiger partial charge in [-0.2, -0.15) is 0 Å². The second kappa shape index (κ2) is 8.41. The van der Waals surface area contributed by atoms with Crippen molar-refractivity contribution in [3.05, 3.63) is 45.1 Å². The predicted molar refractivity (Wildman–Crippen MR) is 105 cm³/mol. The molecule has 2 aromatic rings. The Morgan fingerprint density at radius 2 is 1.85 bits per heavy atom. The van der Waals surface area contributed by atoms with Crippen molar-refractivity contribution in [3.8, 4) is 5.75 Å². The van der Waals surface area contributed by atoms with Crippen molar-refractivity contribution in [2.24, 2.45) is 0 Å². The minimum atomic E-state index is -0.635. The van der Waals surface area contributed by atoms with Gasteiger partial charge in [-0.25, -0.2) is 9.97 Å². The minimum absolute atomic E-state index is 0.0765. The molecule has 0 spiro atoms. The number of rotatable bonds is 4. The molecular weight excluding hydrogens is 443 g/mol. The SMILES string of the molecule is CC(Oc1ccc(Cl)cc1Cl)C(=O)N1CCN(c2ncc(Br)cn2)CC1. The lowest BCUT2D eigenvalue weighted by Gasteiger charge is -2.35. The average Bonchev–Trinajstić information content (AvgIpc) is 2.64. The van der Waals surface area contributed by atoms with E-state index >= 15 is 0 Å². The summed E-state index contributed by atoms with van der Waals surface area (Å²) in [6.45, 7) is 4.22. The van der Waals surface area contributed by atoms with Crippen LogP contribution in [0.1, 0.15) is 6.92 Å². The maximum atomic E-state index is 12.6. The molecule has 1 aromatic carbocycles. The monoisotopic (exact) mass is 458 g/mol. The van der Waals surface area contributed by atoms with Gasteiger partial charge < -0.3 is 14.5 Å². The summed E-state index contributed by atoms with van der Waals surface area (Å²) in [5, 5.41) is 0.905. The fourth-order valence-electron chi connectivity index (χ4n) is 2.66. The Morgan fingerprint density at radius 1 is 1.19 bits per heavy atom. The summed E-state index contributed by atoms with van der Waals surface area (Å²) in [7, 11) is 0. The van der Waals surface area contributed by atoms with E-state index < -0.39 is 6.10 Å². The van der Waals surface area contributed by atoms with E-state index in [4.69, 9.17) is 27.9 Å². The van der Waals surface area contributed by atoms with Crippen LogP contribution in [0, 0.1) is 0 Å². The summed E-state index contributed by atoms with van der Waals surface area (Å²) in [5.41, 5.74) is 0. The van der Waals surface area contributed by atoms with Gasteiger partial charge in [-0.1, -0.05) is 23.2 Å². The third-order valence-electron chi connectivity index (χ3n) is 4.03. The van der Waals surface area contributed by atoms with Gasteiger partial charge in [0.1, 0.15) is 5.75 Å². The van der Waals surface area contributed by atoms with Gasteiger partial charge in [-0.3, -0.25) is 4.79 Å². The summed E-state index contributed by atoms with van der Waals surface area (Å²) in [4.78, 5) is 25.1. The first-order chi connectivity index (χ1) is 12.4. The van der Waals surface area contributed by atoms with Crippen LogP contribution in [0.25, 0.3) is 0 Å². The molecule has 0 N–H and O–H groups in total. The van der Waals surface area contributed by atoms with Crippen molar-refractivity contribution >= 4 is 51.0 Å².